The highest BCUT2D eigenvalue weighted by Gasteiger charge is 2.11. The molecule has 2 aromatic rings. The lowest BCUT2D eigenvalue weighted by molar-refractivity contribution is 0.418. The number of hydrogen-bond acceptors (Lipinski definition) is 4. The van der Waals surface area contributed by atoms with Crippen LogP contribution in [0.3, 0.4) is 0 Å². The molecule has 0 N–H and O–H groups in total. The Morgan fingerprint density at radius 2 is 2.15 bits per heavy atom. The van der Waals surface area contributed by atoms with Gasteiger partial charge in [0.25, 0.3) is 5.71 Å². The van der Waals surface area contributed by atoms with Gasteiger partial charge in [0.1, 0.15) is 11.1 Å². The van der Waals surface area contributed by atoms with E-state index in [9.17, 15) is 0 Å². The lowest BCUT2D eigenvalue weighted by atomic mass is 10.2. The zero-order valence-electron chi connectivity index (χ0n) is 7.79. The van der Waals surface area contributed by atoms with Crippen LogP contribution in [0.5, 0.6) is 5.75 Å². The number of nitrogens with zero attached hydrogens (tertiary/aromatic N) is 2. The molecule has 2 aromatic heterocycles. The van der Waals surface area contributed by atoms with Gasteiger partial charge in [0.15, 0.2) is 0 Å². The van der Waals surface area contributed by atoms with Crippen molar-refractivity contribution in [3.8, 4) is 5.75 Å². The van der Waals surface area contributed by atoms with Crippen LogP contribution < -0.4 is 4.74 Å². The third-order valence-corrected chi connectivity index (χ3v) is 1.93. The van der Waals surface area contributed by atoms with Gasteiger partial charge in [0.05, 0.1) is 12.8 Å². The fraction of sp³-hybridized carbons (Fsp3) is 0.333. The van der Waals surface area contributed by atoms with Crippen LogP contribution in [-0.2, 0) is 0 Å². The Labute approximate surface area is 75.5 Å². The van der Waals surface area contributed by atoms with E-state index < -0.39 is 0 Å². The van der Waals surface area contributed by atoms with Crippen molar-refractivity contribution < 1.29 is 9.26 Å². The largest absolute Gasteiger partial charge is 0.496 e. The maximum absolute atomic E-state index is 5.21. The number of methoxy groups -OCH3 is 1. The normalized spacial score (nSPS) is 10.7. The van der Waals surface area contributed by atoms with Crippen molar-refractivity contribution in [3.05, 3.63) is 17.5 Å². The minimum Gasteiger partial charge on any atom is -0.496 e. The standard InChI is InChI=1S/C9H10N2O2/c1-5-4-7(12-3)8-6(2)11-13-9(8)10-5/h4H,1-3H3. The molecule has 0 saturated carbocycles. The van der Waals surface area contributed by atoms with Gasteiger partial charge in [-0.2, -0.15) is 0 Å². The molecule has 0 amide bonds. The van der Waals surface area contributed by atoms with E-state index in [0.717, 1.165) is 22.5 Å². The first-order chi connectivity index (χ1) is 6.22. The number of aromatic nitrogens is 2. The van der Waals surface area contributed by atoms with Crippen molar-refractivity contribution in [2.45, 2.75) is 13.8 Å². The zero-order valence-corrected chi connectivity index (χ0v) is 7.79. The number of hydrogen-bond donors (Lipinski definition) is 0. The first kappa shape index (κ1) is 8.04. The molecule has 13 heavy (non-hydrogen) atoms. The number of rotatable bonds is 1. The molecule has 0 radical (unpaired) electrons. The maximum Gasteiger partial charge on any atom is 0.261 e. The van der Waals surface area contributed by atoms with Gasteiger partial charge in [-0.1, -0.05) is 5.16 Å². The van der Waals surface area contributed by atoms with E-state index in [0.29, 0.717) is 5.71 Å². The summed E-state index contributed by atoms with van der Waals surface area (Å²) in [7, 11) is 1.63. The van der Waals surface area contributed by atoms with Gasteiger partial charge in [-0.25, -0.2) is 4.98 Å². The van der Waals surface area contributed by atoms with Crippen molar-refractivity contribution in [2.75, 3.05) is 7.11 Å². The molecule has 0 fully saturated rings. The van der Waals surface area contributed by atoms with Crippen molar-refractivity contribution >= 4 is 11.1 Å². The molecule has 4 nitrogen and oxygen atoms in total. The SMILES string of the molecule is COc1cc(C)nc2onc(C)c12. The third-order valence-electron chi connectivity index (χ3n) is 1.93. The van der Waals surface area contributed by atoms with E-state index in [-0.39, 0.29) is 0 Å². The smallest absolute Gasteiger partial charge is 0.261 e. The molecule has 2 heterocycles. The van der Waals surface area contributed by atoms with Crippen molar-refractivity contribution in [2.24, 2.45) is 0 Å². The molecule has 0 aliphatic carbocycles. The van der Waals surface area contributed by atoms with E-state index in [2.05, 4.69) is 10.1 Å². The van der Waals surface area contributed by atoms with Gasteiger partial charge in [0.2, 0.25) is 0 Å². The second-order valence-electron chi connectivity index (χ2n) is 2.91. The quantitative estimate of drug-likeness (QED) is 0.668. The Morgan fingerprint density at radius 1 is 1.38 bits per heavy atom. The van der Waals surface area contributed by atoms with Crippen molar-refractivity contribution in [1.82, 2.24) is 10.1 Å². The van der Waals surface area contributed by atoms with Crippen LogP contribution in [0.4, 0.5) is 0 Å². The molecule has 0 aliphatic heterocycles. The zero-order chi connectivity index (χ0) is 9.42. The molecule has 0 spiro atoms. The summed E-state index contributed by atoms with van der Waals surface area (Å²) in [5, 5.41) is 4.68. The van der Waals surface area contributed by atoms with Crippen molar-refractivity contribution in [3.63, 3.8) is 0 Å². The number of aryl methyl sites for hydroxylation is 2. The highest BCUT2D eigenvalue weighted by Crippen LogP contribution is 2.27. The summed E-state index contributed by atoms with van der Waals surface area (Å²) in [6.45, 7) is 3.76. The minimum atomic E-state index is 0.536. The van der Waals surface area contributed by atoms with Crippen molar-refractivity contribution in [1.29, 1.82) is 0 Å². The first-order valence-corrected chi connectivity index (χ1v) is 4.00. The van der Waals surface area contributed by atoms with Gasteiger partial charge in [-0.3, -0.25) is 0 Å². The van der Waals surface area contributed by atoms with Crippen LogP contribution in [0.15, 0.2) is 10.6 Å². The molecule has 2 rings (SSSR count). The van der Waals surface area contributed by atoms with E-state index in [1.165, 1.54) is 0 Å². The molecule has 0 atom stereocenters. The molecule has 0 bridgehead atoms. The Morgan fingerprint density at radius 3 is 2.85 bits per heavy atom. The topological polar surface area (TPSA) is 48.2 Å². The monoisotopic (exact) mass is 178 g/mol. The predicted octanol–water partition coefficient (Wildman–Crippen LogP) is 1.85. The fourth-order valence-corrected chi connectivity index (χ4v) is 1.33. The molecular weight excluding hydrogens is 168 g/mol. The molecule has 68 valence electrons. The fourth-order valence-electron chi connectivity index (χ4n) is 1.33. The first-order valence-electron chi connectivity index (χ1n) is 4.00. The predicted molar refractivity (Wildman–Crippen MR) is 47.8 cm³/mol. The van der Waals surface area contributed by atoms with Crippen LogP contribution in [-0.4, -0.2) is 17.3 Å². The molecule has 4 heteroatoms. The van der Waals surface area contributed by atoms with Gasteiger partial charge in [0, 0.05) is 11.8 Å². The Hall–Kier alpha value is -1.58. The number of fused-ring (bicyclic) bond motifs is 1. The summed E-state index contributed by atoms with van der Waals surface area (Å²) in [6.07, 6.45) is 0. The summed E-state index contributed by atoms with van der Waals surface area (Å²) >= 11 is 0. The average Bonchev–Trinajstić information content (AvgIpc) is 2.46. The van der Waals surface area contributed by atoms with Crippen LogP contribution in [0.25, 0.3) is 11.1 Å². The molecule has 0 unspecified atom stereocenters. The maximum atomic E-state index is 5.21. The lowest BCUT2D eigenvalue weighted by Gasteiger charge is -2.01. The van der Waals surface area contributed by atoms with E-state index >= 15 is 0 Å². The number of pyridine rings is 1. The average molecular weight is 178 g/mol. The lowest BCUT2D eigenvalue weighted by Crippen LogP contribution is -1.88. The summed E-state index contributed by atoms with van der Waals surface area (Å²) in [6, 6.07) is 1.87. The van der Waals surface area contributed by atoms with Gasteiger partial charge >= 0.3 is 0 Å². The Kier molecular flexibility index (Phi) is 1.69. The van der Waals surface area contributed by atoms with E-state index in [1.54, 1.807) is 7.11 Å². The summed E-state index contributed by atoms with van der Waals surface area (Å²) in [4.78, 5) is 4.20. The van der Waals surface area contributed by atoms with Gasteiger partial charge in [-0.15, -0.1) is 0 Å². The molecular formula is C9H10N2O2. The van der Waals surface area contributed by atoms with Gasteiger partial charge < -0.3 is 9.26 Å². The van der Waals surface area contributed by atoms with E-state index in [4.69, 9.17) is 9.26 Å². The van der Waals surface area contributed by atoms with Crippen LogP contribution in [0.1, 0.15) is 11.4 Å². The summed E-state index contributed by atoms with van der Waals surface area (Å²) in [5.74, 6) is 0.765. The van der Waals surface area contributed by atoms with Crippen LogP contribution >= 0.6 is 0 Å². The summed E-state index contributed by atoms with van der Waals surface area (Å²) in [5.41, 5.74) is 2.20. The highest BCUT2D eigenvalue weighted by atomic mass is 16.5. The van der Waals surface area contributed by atoms with E-state index in [1.807, 2.05) is 19.9 Å². The van der Waals surface area contributed by atoms with Gasteiger partial charge in [-0.05, 0) is 13.8 Å². The minimum absolute atomic E-state index is 0.536. The summed E-state index contributed by atoms with van der Waals surface area (Å²) < 4.78 is 10.2. The Balaban J connectivity index is 2.85. The third kappa shape index (κ3) is 1.14. The Bertz CT molecular complexity index is 448. The number of ether oxygens (including phenoxy) is 1. The molecule has 0 saturated heterocycles. The molecule has 0 aliphatic rings. The van der Waals surface area contributed by atoms with Crippen LogP contribution in [0, 0.1) is 13.8 Å². The second kappa shape index (κ2) is 2.73. The van der Waals surface area contributed by atoms with Crippen LogP contribution in [0.2, 0.25) is 0 Å². The second-order valence-corrected chi connectivity index (χ2v) is 2.91. The highest BCUT2D eigenvalue weighted by molar-refractivity contribution is 5.83. The molecule has 0 aromatic carbocycles.